The SMILES string of the molecule is Cn1c(=O)n(CN2CCOCC2)c(=O)c2c1nc1n2CC(c2ccccc2)=NN1CN1CCOCC1. The summed E-state index contributed by atoms with van der Waals surface area (Å²) in [5.41, 5.74) is 1.89. The van der Waals surface area contributed by atoms with Crippen LogP contribution in [-0.4, -0.2) is 93.5 Å². The lowest BCUT2D eigenvalue weighted by Gasteiger charge is -2.33. The molecule has 2 aromatic heterocycles. The molecule has 3 aliphatic heterocycles. The van der Waals surface area contributed by atoms with E-state index in [1.165, 1.54) is 9.13 Å². The summed E-state index contributed by atoms with van der Waals surface area (Å²) in [6.07, 6.45) is 0. The molecule has 5 heterocycles. The third-order valence-electron chi connectivity index (χ3n) is 6.98. The highest BCUT2D eigenvalue weighted by Crippen LogP contribution is 2.26. The molecule has 36 heavy (non-hydrogen) atoms. The summed E-state index contributed by atoms with van der Waals surface area (Å²) in [6.45, 7) is 6.57. The predicted molar refractivity (Wildman–Crippen MR) is 134 cm³/mol. The molecule has 2 fully saturated rings. The first-order chi connectivity index (χ1) is 17.6. The standard InChI is InChI=1S/C24H30N8O4/c1-27-21-20(22(33)31(24(27)34)16-28-7-11-35-12-8-28)30-15-19(18-5-3-2-4-6-18)26-32(23(30)25-21)17-29-9-13-36-14-10-29/h2-6H,7-17H2,1H3. The van der Waals surface area contributed by atoms with Crippen molar-refractivity contribution in [1.82, 2.24) is 28.5 Å². The van der Waals surface area contributed by atoms with Gasteiger partial charge in [0.25, 0.3) is 5.56 Å². The zero-order chi connectivity index (χ0) is 24.6. The van der Waals surface area contributed by atoms with Crippen LogP contribution in [0.25, 0.3) is 11.2 Å². The van der Waals surface area contributed by atoms with Crippen LogP contribution >= 0.6 is 0 Å². The molecule has 1 aromatic carbocycles. The topological polar surface area (TPSA) is 102 Å². The Morgan fingerprint density at radius 1 is 0.889 bits per heavy atom. The molecule has 2 saturated heterocycles. The van der Waals surface area contributed by atoms with Crippen molar-refractivity contribution in [1.29, 1.82) is 0 Å². The summed E-state index contributed by atoms with van der Waals surface area (Å²) in [4.78, 5) is 36.1. The number of hydrazone groups is 1. The van der Waals surface area contributed by atoms with Gasteiger partial charge in [0.05, 0.1) is 52.0 Å². The van der Waals surface area contributed by atoms with Gasteiger partial charge in [-0.2, -0.15) is 10.1 Å². The number of aromatic nitrogens is 4. The molecule has 0 saturated carbocycles. The van der Waals surface area contributed by atoms with E-state index in [-0.39, 0.29) is 17.9 Å². The highest BCUT2D eigenvalue weighted by molar-refractivity contribution is 6.02. The summed E-state index contributed by atoms with van der Waals surface area (Å²) in [6, 6.07) is 9.95. The molecule has 3 aliphatic rings. The van der Waals surface area contributed by atoms with Crippen LogP contribution in [0.4, 0.5) is 5.95 Å². The van der Waals surface area contributed by atoms with Crippen LogP contribution in [0.15, 0.2) is 45.0 Å². The van der Waals surface area contributed by atoms with Crippen LogP contribution in [0.2, 0.25) is 0 Å². The molecule has 0 unspecified atom stereocenters. The molecule has 12 nitrogen and oxygen atoms in total. The molecule has 0 aliphatic carbocycles. The third-order valence-corrected chi connectivity index (χ3v) is 6.98. The van der Waals surface area contributed by atoms with E-state index in [2.05, 4.69) is 9.80 Å². The van der Waals surface area contributed by atoms with Crippen molar-refractivity contribution in [2.24, 2.45) is 12.1 Å². The fourth-order valence-electron chi connectivity index (χ4n) is 4.95. The van der Waals surface area contributed by atoms with E-state index in [9.17, 15) is 9.59 Å². The summed E-state index contributed by atoms with van der Waals surface area (Å²) >= 11 is 0. The van der Waals surface area contributed by atoms with E-state index < -0.39 is 0 Å². The normalized spacial score (nSPS) is 19.5. The minimum atomic E-state index is -0.377. The second-order valence-electron chi connectivity index (χ2n) is 9.30. The third kappa shape index (κ3) is 4.15. The van der Waals surface area contributed by atoms with Gasteiger partial charge in [-0.15, -0.1) is 0 Å². The average Bonchev–Trinajstić information content (AvgIpc) is 3.32. The second kappa shape index (κ2) is 9.62. The molecule has 3 aromatic rings. The fraction of sp³-hybridized carbons (Fsp3) is 0.500. The molecule has 0 atom stereocenters. The fourth-order valence-corrected chi connectivity index (χ4v) is 4.95. The van der Waals surface area contributed by atoms with E-state index in [0.717, 1.165) is 24.4 Å². The number of rotatable bonds is 5. The number of ether oxygens (including phenoxy) is 2. The number of hydrogen-bond donors (Lipinski definition) is 0. The van der Waals surface area contributed by atoms with Crippen molar-refractivity contribution >= 4 is 22.8 Å². The van der Waals surface area contributed by atoms with Gasteiger partial charge in [0.15, 0.2) is 11.2 Å². The number of hydrogen-bond acceptors (Lipinski definition) is 9. The van der Waals surface area contributed by atoms with Gasteiger partial charge in [-0.3, -0.25) is 23.7 Å². The summed E-state index contributed by atoms with van der Waals surface area (Å²) in [7, 11) is 1.67. The van der Waals surface area contributed by atoms with Crippen molar-refractivity contribution in [3.8, 4) is 0 Å². The van der Waals surface area contributed by atoms with Crippen molar-refractivity contribution in [3.05, 3.63) is 56.7 Å². The smallest absolute Gasteiger partial charge is 0.333 e. The number of morpholine rings is 2. The lowest BCUT2D eigenvalue weighted by atomic mass is 10.1. The highest BCUT2D eigenvalue weighted by atomic mass is 16.5. The Morgan fingerprint density at radius 3 is 2.19 bits per heavy atom. The Morgan fingerprint density at radius 2 is 1.53 bits per heavy atom. The Bertz CT molecular complexity index is 1400. The van der Waals surface area contributed by atoms with Gasteiger partial charge in [-0.25, -0.2) is 14.4 Å². The molecule has 6 rings (SSSR count). The van der Waals surface area contributed by atoms with E-state index in [4.69, 9.17) is 19.6 Å². The van der Waals surface area contributed by atoms with Crippen LogP contribution in [0.5, 0.6) is 0 Å². The van der Waals surface area contributed by atoms with Gasteiger partial charge in [0.2, 0.25) is 5.95 Å². The molecular weight excluding hydrogens is 464 g/mol. The summed E-state index contributed by atoms with van der Waals surface area (Å²) < 4.78 is 15.6. The lowest BCUT2D eigenvalue weighted by Crippen LogP contribution is -2.47. The van der Waals surface area contributed by atoms with Gasteiger partial charge in [-0.1, -0.05) is 30.3 Å². The van der Waals surface area contributed by atoms with Crippen LogP contribution < -0.4 is 16.3 Å². The van der Waals surface area contributed by atoms with Crippen LogP contribution in [-0.2, 0) is 29.7 Å². The summed E-state index contributed by atoms with van der Waals surface area (Å²) in [5, 5.41) is 6.79. The maximum atomic E-state index is 13.8. The number of fused-ring (bicyclic) bond motifs is 3. The Kier molecular flexibility index (Phi) is 6.17. The molecular formula is C24H30N8O4. The van der Waals surface area contributed by atoms with Gasteiger partial charge in [0.1, 0.15) is 0 Å². The quantitative estimate of drug-likeness (QED) is 0.477. The number of aryl methyl sites for hydroxylation is 1. The number of anilines is 1. The first kappa shape index (κ1) is 23.1. The largest absolute Gasteiger partial charge is 0.379 e. The first-order valence-electron chi connectivity index (χ1n) is 12.3. The van der Waals surface area contributed by atoms with Crippen molar-refractivity contribution in [2.75, 3.05) is 64.3 Å². The predicted octanol–water partition coefficient (Wildman–Crippen LogP) is -0.300. The number of benzene rings is 1. The van der Waals surface area contributed by atoms with E-state index >= 15 is 0 Å². The van der Waals surface area contributed by atoms with Crippen molar-refractivity contribution in [2.45, 2.75) is 13.2 Å². The minimum absolute atomic E-state index is 0.225. The van der Waals surface area contributed by atoms with Crippen molar-refractivity contribution in [3.63, 3.8) is 0 Å². The van der Waals surface area contributed by atoms with Gasteiger partial charge in [-0.05, 0) is 5.56 Å². The van der Waals surface area contributed by atoms with Gasteiger partial charge >= 0.3 is 5.69 Å². The Hall–Kier alpha value is -3.32. The number of imidazole rings is 1. The number of nitrogens with zero attached hydrogens (tertiary/aromatic N) is 8. The van der Waals surface area contributed by atoms with E-state index in [1.54, 1.807) is 7.05 Å². The zero-order valence-corrected chi connectivity index (χ0v) is 20.4. The van der Waals surface area contributed by atoms with Gasteiger partial charge < -0.3 is 9.47 Å². The van der Waals surface area contributed by atoms with Crippen LogP contribution in [0.3, 0.4) is 0 Å². The Balaban J connectivity index is 1.47. The Labute approximate surface area is 207 Å². The van der Waals surface area contributed by atoms with Gasteiger partial charge in [0, 0.05) is 33.2 Å². The minimum Gasteiger partial charge on any atom is -0.379 e. The lowest BCUT2D eigenvalue weighted by molar-refractivity contribution is 0.0220. The van der Waals surface area contributed by atoms with E-state index in [0.29, 0.717) is 69.8 Å². The van der Waals surface area contributed by atoms with Crippen LogP contribution in [0, 0.1) is 0 Å². The summed E-state index contributed by atoms with van der Waals surface area (Å²) in [5.74, 6) is 0.562. The highest BCUT2D eigenvalue weighted by Gasteiger charge is 2.30. The molecule has 0 N–H and O–H groups in total. The zero-order valence-electron chi connectivity index (χ0n) is 20.4. The average molecular weight is 495 g/mol. The molecule has 12 heteroatoms. The second-order valence-corrected chi connectivity index (χ2v) is 9.30. The maximum Gasteiger partial charge on any atom is 0.333 e. The van der Waals surface area contributed by atoms with Crippen LogP contribution in [0.1, 0.15) is 5.56 Å². The van der Waals surface area contributed by atoms with E-state index in [1.807, 2.05) is 39.9 Å². The molecule has 190 valence electrons. The molecule has 0 radical (unpaired) electrons. The van der Waals surface area contributed by atoms with Crippen molar-refractivity contribution < 1.29 is 9.47 Å². The molecule has 0 bridgehead atoms. The maximum absolute atomic E-state index is 13.8. The monoisotopic (exact) mass is 494 g/mol. The molecule has 0 amide bonds. The molecule has 0 spiro atoms. The first-order valence-corrected chi connectivity index (χ1v) is 12.3.